The number of rotatable bonds is 2. The molecule has 0 aliphatic heterocycles. The lowest BCUT2D eigenvalue weighted by Gasteiger charge is -2.07. The van der Waals surface area contributed by atoms with E-state index in [2.05, 4.69) is 0 Å². The Morgan fingerprint density at radius 2 is 1.93 bits per heavy atom. The number of aromatic carboxylic acids is 1. The minimum absolute atomic E-state index is 0.111. The molecule has 0 saturated heterocycles. The molecule has 0 saturated carbocycles. The van der Waals surface area contributed by atoms with E-state index in [-0.39, 0.29) is 5.02 Å². The Hall–Kier alpha value is -0.870. The topological polar surface area (TPSA) is 94.8 Å². The van der Waals surface area contributed by atoms with Gasteiger partial charge in [0.05, 0.1) is 10.9 Å². The van der Waals surface area contributed by atoms with Crippen LogP contribution >= 0.6 is 19.2 Å². The largest absolute Gasteiger partial charge is 0.478 e. The number of carboxylic acid groups (broad SMARTS) is 1. The number of hydrogen-bond donors (Lipinski definition) is 3. The van der Waals surface area contributed by atoms with Crippen molar-refractivity contribution in [1.29, 1.82) is 0 Å². The van der Waals surface area contributed by atoms with Crippen molar-refractivity contribution in [1.82, 2.24) is 0 Å². The Kier molecular flexibility index (Phi) is 2.97. The van der Waals surface area contributed by atoms with Crippen molar-refractivity contribution >= 4 is 30.5 Å². The molecule has 7 heteroatoms. The van der Waals surface area contributed by atoms with Crippen molar-refractivity contribution in [3.05, 3.63) is 28.8 Å². The van der Waals surface area contributed by atoms with Gasteiger partial charge in [-0.05, 0) is 18.2 Å². The summed E-state index contributed by atoms with van der Waals surface area (Å²) < 4.78 is 10.9. The molecule has 0 heterocycles. The van der Waals surface area contributed by atoms with Gasteiger partial charge in [-0.3, -0.25) is 4.57 Å². The fourth-order valence-corrected chi connectivity index (χ4v) is 1.85. The lowest BCUT2D eigenvalue weighted by Crippen LogP contribution is -2.15. The first-order valence-electron chi connectivity index (χ1n) is 3.41. The molecule has 0 atom stereocenters. The molecule has 5 nitrogen and oxygen atoms in total. The van der Waals surface area contributed by atoms with Crippen molar-refractivity contribution in [3.8, 4) is 0 Å². The maximum absolute atomic E-state index is 10.9. The van der Waals surface area contributed by atoms with Gasteiger partial charge in [-0.25, -0.2) is 4.79 Å². The van der Waals surface area contributed by atoms with E-state index in [0.29, 0.717) is 0 Å². The molecule has 0 fully saturated rings. The van der Waals surface area contributed by atoms with Crippen LogP contribution < -0.4 is 5.30 Å². The molecule has 3 N–H and O–H groups in total. The second-order valence-corrected chi connectivity index (χ2v) is 4.52. The SMILES string of the molecule is O=C(O)c1cc(Cl)ccc1P(=O)(O)O. The number of hydrogen-bond acceptors (Lipinski definition) is 2. The van der Waals surface area contributed by atoms with E-state index in [9.17, 15) is 9.36 Å². The zero-order chi connectivity index (χ0) is 10.9. The molecular formula is C7H6ClO5P. The summed E-state index contributed by atoms with van der Waals surface area (Å²) in [5.41, 5.74) is -0.481. The number of halogens is 1. The Morgan fingerprint density at radius 3 is 2.36 bits per heavy atom. The van der Waals surface area contributed by atoms with Gasteiger partial charge in [0.1, 0.15) is 0 Å². The van der Waals surface area contributed by atoms with Crippen molar-refractivity contribution in [2.45, 2.75) is 0 Å². The third kappa shape index (κ3) is 2.33. The summed E-state index contributed by atoms with van der Waals surface area (Å²) in [5, 5.41) is 8.23. The second-order valence-electron chi connectivity index (χ2n) is 2.51. The van der Waals surface area contributed by atoms with Gasteiger partial charge in [-0.15, -0.1) is 0 Å². The molecule has 1 rings (SSSR count). The normalized spacial score (nSPS) is 11.4. The molecule has 0 bridgehead atoms. The molecule has 1 aromatic rings. The second kappa shape index (κ2) is 3.71. The van der Waals surface area contributed by atoms with Gasteiger partial charge in [0.25, 0.3) is 0 Å². The summed E-state index contributed by atoms with van der Waals surface area (Å²) in [6.07, 6.45) is 0. The molecule has 0 unspecified atom stereocenters. The standard InChI is InChI=1S/C7H6ClO5P/c8-4-1-2-6(14(11,12)13)5(3-4)7(9)10/h1-3H,(H,9,10)(H2,11,12,13). The van der Waals surface area contributed by atoms with Crippen LogP contribution in [0, 0.1) is 0 Å². The van der Waals surface area contributed by atoms with Crippen LogP contribution in [0.4, 0.5) is 0 Å². The highest BCUT2D eigenvalue weighted by atomic mass is 35.5. The number of carboxylic acids is 1. The maximum atomic E-state index is 10.9. The Bertz CT molecular complexity index is 424. The molecule has 1 aromatic carbocycles. The van der Waals surface area contributed by atoms with Crippen LogP contribution in [0.5, 0.6) is 0 Å². The summed E-state index contributed by atoms with van der Waals surface area (Å²) >= 11 is 5.49. The molecule has 0 radical (unpaired) electrons. The van der Waals surface area contributed by atoms with Gasteiger partial charge in [0, 0.05) is 5.02 Å². The van der Waals surface area contributed by atoms with Crippen LogP contribution in [-0.2, 0) is 4.57 Å². The lowest BCUT2D eigenvalue weighted by molar-refractivity contribution is 0.0697. The lowest BCUT2D eigenvalue weighted by atomic mass is 10.2. The van der Waals surface area contributed by atoms with E-state index in [1.165, 1.54) is 6.07 Å². The van der Waals surface area contributed by atoms with Crippen LogP contribution in [0.1, 0.15) is 10.4 Å². The van der Waals surface area contributed by atoms with Crippen LogP contribution in [0.25, 0.3) is 0 Å². The average Bonchev–Trinajstić information content (AvgIpc) is 2.01. The van der Waals surface area contributed by atoms with Gasteiger partial charge in [0.15, 0.2) is 0 Å². The zero-order valence-corrected chi connectivity index (χ0v) is 8.37. The van der Waals surface area contributed by atoms with Gasteiger partial charge < -0.3 is 14.9 Å². The first-order chi connectivity index (χ1) is 6.32. The van der Waals surface area contributed by atoms with E-state index < -0.39 is 24.4 Å². The molecule has 0 amide bonds. The summed E-state index contributed by atoms with van der Waals surface area (Å²) in [7, 11) is -4.57. The Labute approximate surface area is 84.1 Å². The fraction of sp³-hybridized carbons (Fsp3) is 0. The minimum atomic E-state index is -4.57. The summed E-state index contributed by atoms with van der Waals surface area (Å²) in [6.45, 7) is 0. The van der Waals surface area contributed by atoms with Crippen molar-refractivity contribution < 1.29 is 24.3 Å². The van der Waals surface area contributed by atoms with E-state index in [0.717, 1.165) is 12.1 Å². The predicted octanol–water partition coefficient (Wildman–Crippen LogP) is 0.841. The van der Waals surface area contributed by atoms with Gasteiger partial charge in [-0.1, -0.05) is 11.6 Å². The highest BCUT2D eigenvalue weighted by Crippen LogP contribution is 2.35. The highest BCUT2D eigenvalue weighted by molar-refractivity contribution is 7.60. The number of carbonyl (C=O) groups is 1. The molecule has 0 aromatic heterocycles. The molecule has 0 aliphatic carbocycles. The molecule has 0 aliphatic rings. The average molecular weight is 237 g/mol. The third-order valence-electron chi connectivity index (χ3n) is 1.50. The molecule has 0 spiro atoms. The van der Waals surface area contributed by atoms with Crippen molar-refractivity contribution in [2.24, 2.45) is 0 Å². The van der Waals surface area contributed by atoms with Crippen LogP contribution in [-0.4, -0.2) is 20.9 Å². The van der Waals surface area contributed by atoms with Gasteiger partial charge >= 0.3 is 13.6 Å². The Morgan fingerprint density at radius 1 is 1.36 bits per heavy atom. The number of benzene rings is 1. The van der Waals surface area contributed by atoms with Gasteiger partial charge in [-0.2, -0.15) is 0 Å². The molecule has 76 valence electrons. The minimum Gasteiger partial charge on any atom is -0.478 e. The zero-order valence-electron chi connectivity index (χ0n) is 6.72. The van der Waals surface area contributed by atoms with E-state index in [1.54, 1.807) is 0 Å². The Balaban J connectivity index is 3.45. The fourth-order valence-electron chi connectivity index (χ4n) is 0.934. The van der Waals surface area contributed by atoms with E-state index in [4.69, 9.17) is 26.5 Å². The van der Waals surface area contributed by atoms with Crippen molar-refractivity contribution in [2.75, 3.05) is 0 Å². The first-order valence-corrected chi connectivity index (χ1v) is 5.40. The monoisotopic (exact) mass is 236 g/mol. The smallest absolute Gasteiger partial charge is 0.357 e. The highest BCUT2D eigenvalue weighted by Gasteiger charge is 2.24. The van der Waals surface area contributed by atoms with Crippen molar-refractivity contribution in [3.63, 3.8) is 0 Å². The van der Waals surface area contributed by atoms with E-state index in [1.807, 2.05) is 0 Å². The van der Waals surface area contributed by atoms with Crippen LogP contribution in [0.15, 0.2) is 18.2 Å². The summed E-state index contributed by atoms with van der Waals surface area (Å²) in [6, 6.07) is 3.23. The van der Waals surface area contributed by atoms with Crippen LogP contribution in [0.3, 0.4) is 0 Å². The summed E-state index contributed by atoms with van der Waals surface area (Å²) in [4.78, 5) is 28.2. The quantitative estimate of drug-likeness (QED) is 0.662. The summed E-state index contributed by atoms with van der Waals surface area (Å²) in [5.74, 6) is -1.43. The predicted molar refractivity (Wildman–Crippen MR) is 50.1 cm³/mol. The first kappa shape index (κ1) is 11.2. The molecule has 14 heavy (non-hydrogen) atoms. The van der Waals surface area contributed by atoms with Crippen LogP contribution in [0.2, 0.25) is 5.02 Å². The molecular weight excluding hydrogens is 230 g/mol. The van der Waals surface area contributed by atoms with E-state index >= 15 is 0 Å². The van der Waals surface area contributed by atoms with Gasteiger partial charge in [0.2, 0.25) is 0 Å². The third-order valence-corrected chi connectivity index (χ3v) is 2.76. The maximum Gasteiger partial charge on any atom is 0.357 e.